The normalized spacial score (nSPS) is 10.2. The molecule has 5 heteroatoms. The highest BCUT2D eigenvalue weighted by Crippen LogP contribution is 2.24. The van der Waals surface area contributed by atoms with Gasteiger partial charge in [0, 0.05) is 20.7 Å². The zero-order chi connectivity index (χ0) is 13.1. The lowest BCUT2D eigenvalue weighted by Crippen LogP contribution is -2.11. The number of carbonyl (C=O) groups is 1. The number of hydrogen-bond donors (Lipinski definition) is 1. The molecule has 0 aliphatic heterocycles. The van der Waals surface area contributed by atoms with Crippen molar-refractivity contribution in [3.8, 4) is 0 Å². The van der Waals surface area contributed by atoms with Crippen molar-refractivity contribution in [1.29, 1.82) is 0 Å². The molecule has 0 aliphatic carbocycles. The summed E-state index contributed by atoms with van der Waals surface area (Å²) in [4.78, 5) is 12.0. The van der Waals surface area contributed by atoms with Crippen LogP contribution in [0, 0.1) is 0 Å². The zero-order valence-corrected chi connectivity index (χ0v) is 12.2. The first-order valence-electron chi connectivity index (χ1n) is 5.08. The maximum atomic E-state index is 12.0. The van der Waals surface area contributed by atoms with E-state index >= 15 is 0 Å². The van der Waals surface area contributed by atoms with Crippen molar-refractivity contribution in [3.63, 3.8) is 0 Å². The van der Waals surface area contributed by atoms with Crippen molar-refractivity contribution >= 4 is 50.7 Å². The second-order valence-electron chi connectivity index (χ2n) is 3.59. The quantitative estimate of drug-likeness (QED) is 0.815. The number of benzene rings is 2. The van der Waals surface area contributed by atoms with Crippen LogP contribution in [0.5, 0.6) is 0 Å². The molecule has 92 valence electrons. The van der Waals surface area contributed by atoms with Gasteiger partial charge in [0.1, 0.15) is 0 Å². The molecule has 1 amide bonds. The number of anilines is 1. The summed E-state index contributed by atoms with van der Waals surface area (Å²) in [6, 6.07) is 12.0. The Morgan fingerprint density at radius 1 is 1.11 bits per heavy atom. The van der Waals surface area contributed by atoms with Crippen LogP contribution in [0.25, 0.3) is 0 Å². The summed E-state index contributed by atoms with van der Waals surface area (Å²) in [6.45, 7) is 0. The SMILES string of the molecule is O=C(Nc1cccc(Cl)c1)c1ccc(Br)c(Cl)c1. The van der Waals surface area contributed by atoms with Crippen LogP contribution in [0.3, 0.4) is 0 Å². The maximum Gasteiger partial charge on any atom is 0.255 e. The first kappa shape index (κ1) is 13.4. The van der Waals surface area contributed by atoms with Crippen molar-refractivity contribution < 1.29 is 4.79 Å². The second kappa shape index (κ2) is 5.74. The Kier molecular flexibility index (Phi) is 4.27. The van der Waals surface area contributed by atoms with Gasteiger partial charge in [-0.1, -0.05) is 29.3 Å². The van der Waals surface area contributed by atoms with E-state index in [-0.39, 0.29) is 5.91 Å². The van der Waals surface area contributed by atoms with E-state index in [1.807, 2.05) is 0 Å². The number of amides is 1. The van der Waals surface area contributed by atoms with Crippen molar-refractivity contribution in [2.24, 2.45) is 0 Å². The number of hydrogen-bond acceptors (Lipinski definition) is 1. The minimum atomic E-state index is -0.230. The molecule has 0 radical (unpaired) electrons. The minimum absolute atomic E-state index is 0.230. The van der Waals surface area contributed by atoms with Crippen molar-refractivity contribution in [3.05, 3.63) is 62.5 Å². The third kappa shape index (κ3) is 3.25. The summed E-state index contributed by atoms with van der Waals surface area (Å²) < 4.78 is 0.753. The number of halogens is 3. The van der Waals surface area contributed by atoms with Gasteiger partial charge in [-0.05, 0) is 52.3 Å². The third-order valence-electron chi connectivity index (χ3n) is 2.26. The van der Waals surface area contributed by atoms with E-state index in [0.29, 0.717) is 21.3 Å². The Bertz CT molecular complexity index is 601. The standard InChI is InChI=1S/C13H8BrCl2NO/c14-11-5-4-8(6-12(11)16)13(18)17-10-3-1-2-9(15)7-10/h1-7H,(H,17,18). The molecule has 0 spiro atoms. The van der Waals surface area contributed by atoms with Gasteiger partial charge in [-0.2, -0.15) is 0 Å². The molecular formula is C13H8BrCl2NO. The van der Waals surface area contributed by atoms with Crippen LogP contribution >= 0.6 is 39.1 Å². The number of rotatable bonds is 2. The Hall–Kier alpha value is -1.03. The van der Waals surface area contributed by atoms with E-state index in [1.54, 1.807) is 42.5 Å². The van der Waals surface area contributed by atoms with Gasteiger partial charge in [0.25, 0.3) is 5.91 Å². The molecule has 0 aliphatic rings. The van der Waals surface area contributed by atoms with E-state index in [0.717, 1.165) is 4.47 Å². The summed E-state index contributed by atoms with van der Waals surface area (Å²) in [6.07, 6.45) is 0. The molecular weight excluding hydrogens is 337 g/mol. The molecule has 0 aromatic heterocycles. The first-order chi connectivity index (χ1) is 8.56. The summed E-state index contributed by atoms with van der Waals surface area (Å²) in [5.74, 6) is -0.230. The fourth-order valence-electron chi connectivity index (χ4n) is 1.41. The van der Waals surface area contributed by atoms with Gasteiger partial charge in [0.2, 0.25) is 0 Å². The van der Waals surface area contributed by atoms with E-state index in [9.17, 15) is 4.79 Å². The van der Waals surface area contributed by atoms with Gasteiger partial charge < -0.3 is 5.32 Å². The van der Waals surface area contributed by atoms with E-state index in [4.69, 9.17) is 23.2 Å². The molecule has 2 rings (SSSR count). The molecule has 0 bridgehead atoms. The molecule has 0 fully saturated rings. The Morgan fingerprint density at radius 3 is 2.56 bits per heavy atom. The smallest absolute Gasteiger partial charge is 0.255 e. The zero-order valence-electron chi connectivity index (χ0n) is 9.08. The molecule has 2 aromatic carbocycles. The number of carbonyl (C=O) groups excluding carboxylic acids is 1. The van der Waals surface area contributed by atoms with Gasteiger partial charge >= 0.3 is 0 Å². The predicted molar refractivity (Wildman–Crippen MR) is 78.6 cm³/mol. The lowest BCUT2D eigenvalue weighted by molar-refractivity contribution is 0.102. The maximum absolute atomic E-state index is 12.0. The highest BCUT2D eigenvalue weighted by molar-refractivity contribution is 9.10. The largest absolute Gasteiger partial charge is 0.322 e. The molecule has 0 heterocycles. The monoisotopic (exact) mass is 343 g/mol. The Morgan fingerprint density at radius 2 is 1.89 bits per heavy atom. The van der Waals surface area contributed by atoms with Gasteiger partial charge in [0.05, 0.1) is 5.02 Å². The van der Waals surface area contributed by atoms with Crippen LogP contribution in [0.15, 0.2) is 46.9 Å². The molecule has 0 saturated carbocycles. The van der Waals surface area contributed by atoms with Gasteiger partial charge in [-0.25, -0.2) is 0 Å². The van der Waals surface area contributed by atoms with Crippen molar-refractivity contribution in [2.45, 2.75) is 0 Å². The molecule has 0 unspecified atom stereocenters. The van der Waals surface area contributed by atoms with Crippen LogP contribution < -0.4 is 5.32 Å². The fourth-order valence-corrected chi connectivity index (χ4v) is 2.02. The summed E-state index contributed by atoms with van der Waals surface area (Å²) in [5, 5.41) is 3.81. The van der Waals surface area contributed by atoms with Gasteiger partial charge in [-0.15, -0.1) is 0 Å². The topological polar surface area (TPSA) is 29.1 Å². The molecule has 0 atom stereocenters. The predicted octanol–water partition coefficient (Wildman–Crippen LogP) is 5.01. The highest BCUT2D eigenvalue weighted by Gasteiger charge is 2.08. The minimum Gasteiger partial charge on any atom is -0.322 e. The average molecular weight is 345 g/mol. The molecule has 2 aromatic rings. The molecule has 1 N–H and O–H groups in total. The fraction of sp³-hybridized carbons (Fsp3) is 0. The summed E-state index contributed by atoms with van der Waals surface area (Å²) in [7, 11) is 0. The van der Waals surface area contributed by atoms with Crippen molar-refractivity contribution in [2.75, 3.05) is 5.32 Å². The summed E-state index contributed by atoms with van der Waals surface area (Å²) >= 11 is 15.1. The van der Waals surface area contributed by atoms with Crippen LogP contribution in [0.2, 0.25) is 10.0 Å². The van der Waals surface area contributed by atoms with Crippen LogP contribution in [-0.4, -0.2) is 5.91 Å². The van der Waals surface area contributed by atoms with Crippen molar-refractivity contribution in [1.82, 2.24) is 0 Å². The van der Waals surface area contributed by atoms with Gasteiger partial charge in [0.15, 0.2) is 0 Å². The average Bonchev–Trinajstić information content (AvgIpc) is 2.32. The summed E-state index contributed by atoms with van der Waals surface area (Å²) in [5.41, 5.74) is 1.13. The number of nitrogens with one attached hydrogen (secondary N) is 1. The highest BCUT2D eigenvalue weighted by atomic mass is 79.9. The van der Waals surface area contributed by atoms with Crippen LogP contribution in [0.1, 0.15) is 10.4 Å². The van der Waals surface area contributed by atoms with Crippen LogP contribution in [-0.2, 0) is 0 Å². The molecule has 18 heavy (non-hydrogen) atoms. The van der Waals surface area contributed by atoms with E-state index in [1.165, 1.54) is 0 Å². The lowest BCUT2D eigenvalue weighted by atomic mass is 10.2. The molecule has 2 nitrogen and oxygen atoms in total. The van der Waals surface area contributed by atoms with E-state index in [2.05, 4.69) is 21.2 Å². The Balaban J connectivity index is 2.19. The Labute approximate surface area is 123 Å². The second-order valence-corrected chi connectivity index (χ2v) is 5.29. The lowest BCUT2D eigenvalue weighted by Gasteiger charge is -2.06. The first-order valence-corrected chi connectivity index (χ1v) is 6.63. The third-order valence-corrected chi connectivity index (χ3v) is 3.73. The van der Waals surface area contributed by atoms with E-state index < -0.39 is 0 Å². The van der Waals surface area contributed by atoms with Crippen LogP contribution in [0.4, 0.5) is 5.69 Å². The molecule has 0 saturated heterocycles. The van der Waals surface area contributed by atoms with Gasteiger partial charge in [-0.3, -0.25) is 4.79 Å².